The molecule has 1 rings (SSSR count). The van der Waals surface area contributed by atoms with Crippen molar-refractivity contribution in [2.75, 3.05) is 7.05 Å². The van der Waals surface area contributed by atoms with Crippen LogP contribution in [0.3, 0.4) is 0 Å². The van der Waals surface area contributed by atoms with Crippen LogP contribution in [-0.2, 0) is 6.54 Å². The van der Waals surface area contributed by atoms with E-state index < -0.39 is 0 Å². The topological polar surface area (TPSA) is 46.9 Å². The molecule has 1 N–H and O–H groups in total. The third kappa shape index (κ3) is 1.47. The van der Waals surface area contributed by atoms with E-state index in [4.69, 9.17) is 0 Å². The van der Waals surface area contributed by atoms with Gasteiger partial charge in [-0.05, 0) is 19.9 Å². The highest BCUT2D eigenvalue weighted by Crippen LogP contribution is 2.02. The summed E-state index contributed by atoms with van der Waals surface area (Å²) in [6.45, 7) is 4.55. The van der Waals surface area contributed by atoms with Crippen molar-refractivity contribution in [3.63, 3.8) is 0 Å². The number of hydrogen-bond donors (Lipinski definition) is 1. The van der Waals surface area contributed by atoms with Crippen molar-refractivity contribution in [2.45, 2.75) is 20.4 Å². The number of rotatable bonds is 2. The lowest BCUT2D eigenvalue weighted by Crippen LogP contribution is -2.21. The van der Waals surface area contributed by atoms with Gasteiger partial charge < -0.3 is 5.32 Å². The number of aryl methyl sites for hydroxylation is 2. The monoisotopic (exact) mass is 167 g/mol. The van der Waals surface area contributed by atoms with Gasteiger partial charge in [0.05, 0.1) is 5.69 Å². The van der Waals surface area contributed by atoms with Crippen LogP contribution in [0, 0.1) is 6.92 Å². The molecule has 4 nitrogen and oxygen atoms in total. The molecule has 1 aromatic heterocycles. The Morgan fingerprint density at radius 3 is 2.92 bits per heavy atom. The lowest BCUT2D eigenvalue weighted by Gasteiger charge is -2.01. The molecule has 0 fully saturated rings. The molecule has 1 heterocycles. The van der Waals surface area contributed by atoms with E-state index in [1.807, 2.05) is 13.8 Å². The fourth-order valence-corrected chi connectivity index (χ4v) is 1.10. The van der Waals surface area contributed by atoms with Crippen molar-refractivity contribution in [2.24, 2.45) is 0 Å². The van der Waals surface area contributed by atoms with Gasteiger partial charge in [-0.3, -0.25) is 9.48 Å². The normalized spacial score (nSPS) is 9.92. The van der Waals surface area contributed by atoms with Crippen LogP contribution >= 0.6 is 0 Å². The summed E-state index contributed by atoms with van der Waals surface area (Å²) >= 11 is 0. The molecule has 1 amide bonds. The molecular weight excluding hydrogens is 154 g/mol. The van der Waals surface area contributed by atoms with Gasteiger partial charge >= 0.3 is 0 Å². The zero-order valence-corrected chi connectivity index (χ0v) is 7.59. The number of carbonyl (C=O) groups is 1. The summed E-state index contributed by atoms with van der Waals surface area (Å²) in [5, 5.41) is 6.72. The maximum absolute atomic E-state index is 11.2. The van der Waals surface area contributed by atoms with Gasteiger partial charge in [0.25, 0.3) is 5.91 Å². The van der Waals surface area contributed by atoms with Gasteiger partial charge in [0.1, 0.15) is 5.69 Å². The Morgan fingerprint density at radius 1 is 1.75 bits per heavy atom. The maximum atomic E-state index is 11.2. The molecule has 0 unspecified atom stereocenters. The Hall–Kier alpha value is -1.32. The molecule has 12 heavy (non-hydrogen) atoms. The SMILES string of the molecule is CCn1nc(C)cc1C(=O)NC. The summed E-state index contributed by atoms with van der Waals surface area (Å²) in [4.78, 5) is 11.2. The summed E-state index contributed by atoms with van der Waals surface area (Å²) in [7, 11) is 1.62. The summed E-state index contributed by atoms with van der Waals surface area (Å²) in [5.41, 5.74) is 1.49. The summed E-state index contributed by atoms with van der Waals surface area (Å²) < 4.78 is 1.69. The fourth-order valence-electron chi connectivity index (χ4n) is 1.10. The average Bonchev–Trinajstić information content (AvgIpc) is 2.45. The molecule has 0 aliphatic heterocycles. The molecule has 0 aliphatic carbocycles. The van der Waals surface area contributed by atoms with Gasteiger partial charge in [-0.25, -0.2) is 0 Å². The Bertz CT molecular complexity index is 290. The van der Waals surface area contributed by atoms with Crippen LogP contribution < -0.4 is 5.32 Å². The Kier molecular flexibility index (Phi) is 2.47. The van der Waals surface area contributed by atoms with E-state index in [-0.39, 0.29) is 5.91 Å². The Morgan fingerprint density at radius 2 is 2.42 bits per heavy atom. The molecule has 1 aromatic rings. The van der Waals surface area contributed by atoms with E-state index in [9.17, 15) is 4.79 Å². The molecule has 0 aromatic carbocycles. The molecule has 66 valence electrons. The zero-order valence-electron chi connectivity index (χ0n) is 7.59. The van der Waals surface area contributed by atoms with Crippen molar-refractivity contribution >= 4 is 5.91 Å². The van der Waals surface area contributed by atoms with Crippen LogP contribution in [0.1, 0.15) is 23.1 Å². The quantitative estimate of drug-likeness (QED) is 0.700. The van der Waals surface area contributed by atoms with E-state index >= 15 is 0 Å². The molecule has 0 bridgehead atoms. The van der Waals surface area contributed by atoms with E-state index in [0.29, 0.717) is 5.69 Å². The molecule has 4 heteroatoms. The van der Waals surface area contributed by atoms with Crippen molar-refractivity contribution < 1.29 is 4.79 Å². The molecule has 0 radical (unpaired) electrons. The van der Waals surface area contributed by atoms with Crippen molar-refractivity contribution in [3.05, 3.63) is 17.5 Å². The second-order valence-electron chi connectivity index (χ2n) is 2.57. The Balaban J connectivity index is 3.04. The minimum Gasteiger partial charge on any atom is -0.354 e. The Labute approximate surface area is 71.6 Å². The van der Waals surface area contributed by atoms with Gasteiger partial charge in [-0.2, -0.15) is 5.10 Å². The summed E-state index contributed by atoms with van der Waals surface area (Å²) in [5.74, 6) is -0.0857. The van der Waals surface area contributed by atoms with Crippen molar-refractivity contribution in [1.29, 1.82) is 0 Å². The molecule has 0 saturated carbocycles. The third-order valence-corrected chi connectivity index (χ3v) is 1.66. The first-order valence-corrected chi connectivity index (χ1v) is 3.95. The highest BCUT2D eigenvalue weighted by molar-refractivity contribution is 5.92. The van der Waals surface area contributed by atoms with Gasteiger partial charge in [0, 0.05) is 13.6 Å². The molecule has 0 atom stereocenters. The van der Waals surface area contributed by atoms with E-state index in [1.165, 1.54) is 0 Å². The second kappa shape index (κ2) is 3.38. The zero-order chi connectivity index (χ0) is 9.14. The van der Waals surface area contributed by atoms with E-state index in [0.717, 1.165) is 12.2 Å². The summed E-state index contributed by atoms with van der Waals surface area (Å²) in [6.07, 6.45) is 0. The van der Waals surface area contributed by atoms with Crippen LogP contribution in [0.15, 0.2) is 6.07 Å². The first-order chi connectivity index (χ1) is 5.69. The molecule has 0 aliphatic rings. The predicted octanol–water partition coefficient (Wildman–Crippen LogP) is 0.571. The van der Waals surface area contributed by atoms with Gasteiger partial charge in [-0.15, -0.1) is 0 Å². The average molecular weight is 167 g/mol. The molecule has 0 saturated heterocycles. The molecular formula is C8H13N3O. The number of carbonyl (C=O) groups excluding carboxylic acids is 1. The highest BCUT2D eigenvalue weighted by Gasteiger charge is 2.10. The largest absolute Gasteiger partial charge is 0.354 e. The number of nitrogens with zero attached hydrogens (tertiary/aromatic N) is 2. The fraction of sp³-hybridized carbons (Fsp3) is 0.500. The number of aromatic nitrogens is 2. The second-order valence-corrected chi connectivity index (χ2v) is 2.57. The lowest BCUT2D eigenvalue weighted by molar-refractivity contribution is 0.0952. The maximum Gasteiger partial charge on any atom is 0.269 e. The highest BCUT2D eigenvalue weighted by atomic mass is 16.1. The minimum absolute atomic E-state index is 0.0857. The van der Waals surface area contributed by atoms with Crippen molar-refractivity contribution in [1.82, 2.24) is 15.1 Å². The van der Waals surface area contributed by atoms with Crippen LogP contribution in [0.2, 0.25) is 0 Å². The van der Waals surface area contributed by atoms with Gasteiger partial charge in [0.2, 0.25) is 0 Å². The lowest BCUT2D eigenvalue weighted by atomic mass is 10.3. The van der Waals surface area contributed by atoms with Gasteiger partial charge in [-0.1, -0.05) is 0 Å². The predicted molar refractivity (Wildman–Crippen MR) is 46.0 cm³/mol. The first-order valence-electron chi connectivity index (χ1n) is 3.95. The number of amides is 1. The first kappa shape index (κ1) is 8.77. The smallest absolute Gasteiger partial charge is 0.269 e. The number of nitrogens with one attached hydrogen (secondary N) is 1. The molecule has 0 spiro atoms. The van der Waals surface area contributed by atoms with Crippen LogP contribution in [0.25, 0.3) is 0 Å². The van der Waals surface area contributed by atoms with Crippen LogP contribution in [0.4, 0.5) is 0 Å². The van der Waals surface area contributed by atoms with Crippen LogP contribution in [0.5, 0.6) is 0 Å². The van der Waals surface area contributed by atoms with Gasteiger partial charge in [0.15, 0.2) is 0 Å². The standard InChI is InChI=1S/C8H13N3O/c1-4-11-7(8(12)9-3)5-6(2)10-11/h5H,4H2,1-3H3,(H,9,12). The summed E-state index contributed by atoms with van der Waals surface area (Å²) in [6, 6.07) is 1.78. The van der Waals surface area contributed by atoms with Crippen molar-refractivity contribution in [3.8, 4) is 0 Å². The van der Waals surface area contributed by atoms with E-state index in [2.05, 4.69) is 10.4 Å². The number of hydrogen-bond acceptors (Lipinski definition) is 2. The van der Waals surface area contributed by atoms with Crippen LogP contribution in [-0.4, -0.2) is 22.7 Å². The third-order valence-electron chi connectivity index (χ3n) is 1.66. The van der Waals surface area contributed by atoms with E-state index in [1.54, 1.807) is 17.8 Å². The minimum atomic E-state index is -0.0857.